The molecule has 0 aromatic carbocycles. The van der Waals surface area contributed by atoms with Crippen molar-refractivity contribution in [2.24, 2.45) is 15.2 Å². The predicted molar refractivity (Wildman–Crippen MR) is 37.5 cm³/mol. The molecule has 4 heteroatoms. The molecule has 0 saturated heterocycles. The zero-order chi connectivity index (χ0) is 6.97. The molecule has 0 radical (unpaired) electrons. The number of dihydropyridines is 1. The fraction of sp³-hybridized carbons (Fsp3) is 0. The third kappa shape index (κ3) is 0.621. The molecule has 2 rings (SSSR count). The van der Waals surface area contributed by atoms with Crippen LogP contribution in [0.25, 0.3) is 0 Å². The summed E-state index contributed by atoms with van der Waals surface area (Å²) in [6.07, 6.45) is 4.37. The molecule has 0 unspecified atom stereocenters. The Labute approximate surface area is 56.7 Å². The Balaban J connectivity index is 2.51. The van der Waals surface area contributed by atoms with E-state index in [2.05, 4.69) is 15.2 Å². The third-order valence-electron chi connectivity index (χ3n) is 1.25. The van der Waals surface area contributed by atoms with Gasteiger partial charge >= 0.3 is 0 Å². The van der Waals surface area contributed by atoms with Gasteiger partial charge in [-0.15, -0.1) is 5.10 Å². The number of carbonyl (C=O) groups is 1. The molecule has 0 fully saturated rings. The standard InChI is InChI=1S/C6H3N3O/c10-6-1-4-2-8-9-5(4)3-7-6/h1-3H. The first-order valence-electron chi connectivity index (χ1n) is 2.77. The van der Waals surface area contributed by atoms with Gasteiger partial charge in [0.15, 0.2) is 0 Å². The van der Waals surface area contributed by atoms with Crippen LogP contribution >= 0.6 is 0 Å². The number of hydrogen-bond acceptors (Lipinski definition) is 3. The first kappa shape index (κ1) is 5.22. The van der Waals surface area contributed by atoms with Crippen LogP contribution in [0.3, 0.4) is 0 Å². The third-order valence-corrected chi connectivity index (χ3v) is 1.25. The number of amides is 1. The highest BCUT2D eigenvalue weighted by molar-refractivity contribution is 6.48. The molecule has 48 valence electrons. The van der Waals surface area contributed by atoms with E-state index in [4.69, 9.17) is 0 Å². The molecule has 1 amide bonds. The zero-order valence-electron chi connectivity index (χ0n) is 4.98. The van der Waals surface area contributed by atoms with E-state index >= 15 is 0 Å². The maximum Gasteiger partial charge on any atom is 0.270 e. The number of aliphatic imine (C=N–C) groups is 1. The van der Waals surface area contributed by atoms with E-state index in [0.29, 0.717) is 5.71 Å². The second-order valence-electron chi connectivity index (χ2n) is 1.93. The van der Waals surface area contributed by atoms with Crippen molar-refractivity contribution in [2.75, 3.05) is 0 Å². The van der Waals surface area contributed by atoms with Crippen molar-refractivity contribution in [1.29, 1.82) is 0 Å². The van der Waals surface area contributed by atoms with Gasteiger partial charge in [0, 0.05) is 11.6 Å². The molecule has 0 aromatic heterocycles. The molecule has 0 N–H and O–H groups in total. The van der Waals surface area contributed by atoms with E-state index in [0.717, 1.165) is 5.57 Å². The van der Waals surface area contributed by atoms with Gasteiger partial charge in [-0.25, -0.2) is 4.99 Å². The van der Waals surface area contributed by atoms with Crippen LogP contribution in [0.5, 0.6) is 0 Å². The summed E-state index contributed by atoms with van der Waals surface area (Å²) in [5.74, 6) is -0.248. The molecule has 0 atom stereocenters. The smallest absolute Gasteiger partial charge is 0.267 e. The summed E-state index contributed by atoms with van der Waals surface area (Å²) in [5, 5.41) is 7.32. The highest BCUT2D eigenvalue weighted by Gasteiger charge is 2.13. The molecule has 0 aromatic rings. The average Bonchev–Trinajstić information content (AvgIpc) is 2.33. The van der Waals surface area contributed by atoms with Crippen molar-refractivity contribution in [3.63, 3.8) is 0 Å². The Hall–Kier alpha value is -1.58. The minimum atomic E-state index is -0.248. The fourth-order valence-corrected chi connectivity index (χ4v) is 0.784. The maximum atomic E-state index is 10.6. The van der Waals surface area contributed by atoms with Crippen LogP contribution in [0, 0.1) is 0 Å². The molecular weight excluding hydrogens is 130 g/mol. The van der Waals surface area contributed by atoms with Crippen molar-refractivity contribution in [3.05, 3.63) is 11.6 Å². The molecule has 10 heavy (non-hydrogen) atoms. The summed E-state index contributed by atoms with van der Waals surface area (Å²) >= 11 is 0. The topological polar surface area (TPSA) is 54.1 Å². The lowest BCUT2D eigenvalue weighted by Crippen LogP contribution is -2.10. The molecular formula is C6H3N3O. The lowest BCUT2D eigenvalue weighted by Gasteiger charge is -1.96. The number of fused-ring (bicyclic) bond motifs is 1. The summed E-state index contributed by atoms with van der Waals surface area (Å²) in [6, 6.07) is 0. The Morgan fingerprint density at radius 1 is 1.30 bits per heavy atom. The van der Waals surface area contributed by atoms with Gasteiger partial charge in [0.2, 0.25) is 0 Å². The lowest BCUT2D eigenvalue weighted by atomic mass is 10.1. The minimum absolute atomic E-state index is 0.248. The summed E-state index contributed by atoms with van der Waals surface area (Å²) < 4.78 is 0. The van der Waals surface area contributed by atoms with Crippen LogP contribution in [0.2, 0.25) is 0 Å². The van der Waals surface area contributed by atoms with Gasteiger partial charge in [-0.05, 0) is 0 Å². The van der Waals surface area contributed by atoms with Crippen LogP contribution in [0.15, 0.2) is 26.8 Å². The van der Waals surface area contributed by atoms with Crippen molar-refractivity contribution in [3.8, 4) is 0 Å². The Bertz CT molecular complexity index is 309. The van der Waals surface area contributed by atoms with Crippen molar-refractivity contribution >= 4 is 24.0 Å². The second kappa shape index (κ2) is 1.70. The quantitative estimate of drug-likeness (QED) is 0.457. The highest BCUT2D eigenvalue weighted by Crippen LogP contribution is 2.06. The summed E-state index contributed by atoms with van der Waals surface area (Å²) in [7, 11) is 0. The molecule has 2 aliphatic heterocycles. The van der Waals surface area contributed by atoms with Crippen LogP contribution in [0.4, 0.5) is 0 Å². The average molecular weight is 133 g/mol. The molecule has 0 bridgehead atoms. The monoisotopic (exact) mass is 133 g/mol. The molecule has 0 aliphatic carbocycles. The number of carbonyl (C=O) groups excluding carboxylic acids is 1. The highest BCUT2D eigenvalue weighted by atomic mass is 16.1. The number of nitrogens with zero attached hydrogens (tertiary/aromatic N) is 3. The maximum absolute atomic E-state index is 10.6. The molecule has 2 heterocycles. The van der Waals surface area contributed by atoms with Gasteiger partial charge in [0.1, 0.15) is 5.71 Å². The van der Waals surface area contributed by atoms with Gasteiger partial charge in [0.05, 0.1) is 12.4 Å². The number of hydrogen-bond donors (Lipinski definition) is 0. The SMILES string of the molecule is O=C1C=C2C=NN=C2C=N1. The van der Waals surface area contributed by atoms with Gasteiger partial charge in [-0.3, -0.25) is 4.79 Å². The van der Waals surface area contributed by atoms with E-state index in [9.17, 15) is 4.79 Å². The van der Waals surface area contributed by atoms with Crippen molar-refractivity contribution in [1.82, 2.24) is 0 Å². The first-order valence-corrected chi connectivity index (χ1v) is 2.77. The second-order valence-corrected chi connectivity index (χ2v) is 1.93. The van der Waals surface area contributed by atoms with E-state index < -0.39 is 0 Å². The van der Waals surface area contributed by atoms with Crippen molar-refractivity contribution < 1.29 is 4.79 Å². The normalized spacial score (nSPS) is 20.6. The summed E-state index contributed by atoms with van der Waals surface area (Å²) in [5.41, 5.74) is 1.42. The van der Waals surface area contributed by atoms with E-state index in [1.165, 1.54) is 12.3 Å². The fourth-order valence-electron chi connectivity index (χ4n) is 0.784. The van der Waals surface area contributed by atoms with E-state index in [1.54, 1.807) is 6.21 Å². The largest absolute Gasteiger partial charge is 0.270 e. The zero-order valence-corrected chi connectivity index (χ0v) is 4.98. The Kier molecular flexibility index (Phi) is 0.887. The van der Waals surface area contributed by atoms with Crippen LogP contribution in [-0.4, -0.2) is 24.0 Å². The first-order chi connectivity index (χ1) is 4.86. The van der Waals surface area contributed by atoms with Gasteiger partial charge in [-0.1, -0.05) is 0 Å². The number of allylic oxidation sites excluding steroid dienone is 1. The van der Waals surface area contributed by atoms with Gasteiger partial charge in [0.25, 0.3) is 5.91 Å². The van der Waals surface area contributed by atoms with Crippen LogP contribution < -0.4 is 0 Å². The lowest BCUT2D eigenvalue weighted by molar-refractivity contribution is -0.113. The minimum Gasteiger partial charge on any atom is -0.267 e. The molecule has 0 saturated carbocycles. The number of rotatable bonds is 0. The summed E-state index contributed by atoms with van der Waals surface area (Å²) in [4.78, 5) is 14.1. The molecule has 0 spiro atoms. The van der Waals surface area contributed by atoms with Gasteiger partial charge in [-0.2, -0.15) is 5.10 Å². The van der Waals surface area contributed by atoms with Crippen LogP contribution in [-0.2, 0) is 4.79 Å². The van der Waals surface area contributed by atoms with E-state index in [-0.39, 0.29) is 5.91 Å². The van der Waals surface area contributed by atoms with Gasteiger partial charge < -0.3 is 0 Å². The van der Waals surface area contributed by atoms with Crippen molar-refractivity contribution in [2.45, 2.75) is 0 Å². The molecule has 4 nitrogen and oxygen atoms in total. The summed E-state index contributed by atoms with van der Waals surface area (Å²) in [6.45, 7) is 0. The van der Waals surface area contributed by atoms with E-state index in [1.807, 2.05) is 0 Å². The Morgan fingerprint density at radius 3 is 3.10 bits per heavy atom. The van der Waals surface area contributed by atoms with Crippen LogP contribution in [0.1, 0.15) is 0 Å². The predicted octanol–water partition coefficient (Wildman–Crippen LogP) is -0.0358. The Morgan fingerprint density at radius 2 is 2.20 bits per heavy atom. The molecule has 2 aliphatic rings.